The van der Waals surface area contributed by atoms with Crippen LogP contribution in [-0.2, 0) is 32.0 Å². The molecule has 130 valence electrons. The number of aryl methyl sites for hydroxylation is 2. The van der Waals surface area contributed by atoms with E-state index in [2.05, 4.69) is 17.4 Å². The topological polar surface area (TPSA) is 75.7 Å². The first-order valence-corrected chi connectivity index (χ1v) is 8.83. The van der Waals surface area contributed by atoms with E-state index in [1.165, 1.54) is 48.3 Å². The zero-order chi connectivity index (χ0) is 17.5. The van der Waals surface area contributed by atoms with Crippen LogP contribution in [0.4, 0.5) is 0 Å². The number of hydrogen-bond acceptors (Lipinski definition) is 5. The molecule has 0 atom stereocenters. The van der Waals surface area contributed by atoms with Crippen LogP contribution in [-0.4, -0.2) is 55.7 Å². The number of rotatable bonds is 7. The highest BCUT2D eigenvalue weighted by molar-refractivity contribution is 8.00. The lowest BCUT2D eigenvalue weighted by Gasteiger charge is -2.15. The molecule has 24 heavy (non-hydrogen) atoms. The number of carbonyl (C=O) groups excluding carboxylic acids is 3. The highest BCUT2D eigenvalue weighted by atomic mass is 32.2. The Hall–Kier alpha value is -2.02. The van der Waals surface area contributed by atoms with E-state index in [9.17, 15) is 14.4 Å². The Labute approximate surface area is 145 Å². The van der Waals surface area contributed by atoms with Gasteiger partial charge in [-0.15, -0.1) is 11.8 Å². The molecule has 6 nitrogen and oxygen atoms in total. The number of likely N-dealkylation sites (N-methyl/N-ethyl adjacent to an activating group) is 2. The zero-order valence-corrected chi connectivity index (χ0v) is 14.8. The molecular formula is C17H22N2O4S. The van der Waals surface area contributed by atoms with E-state index >= 15 is 0 Å². The summed E-state index contributed by atoms with van der Waals surface area (Å²) in [6.07, 6.45) is 3.42. The monoisotopic (exact) mass is 350 g/mol. The van der Waals surface area contributed by atoms with Crippen molar-refractivity contribution in [2.24, 2.45) is 0 Å². The van der Waals surface area contributed by atoms with Crippen LogP contribution < -0.4 is 5.32 Å². The van der Waals surface area contributed by atoms with Gasteiger partial charge in [-0.1, -0.05) is 6.07 Å². The smallest absolute Gasteiger partial charge is 0.316 e. The van der Waals surface area contributed by atoms with E-state index in [0.717, 1.165) is 17.7 Å². The van der Waals surface area contributed by atoms with Gasteiger partial charge in [-0.3, -0.25) is 14.4 Å². The summed E-state index contributed by atoms with van der Waals surface area (Å²) in [4.78, 5) is 37.0. The van der Waals surface area contributed by atoms with E-state index in [4.69, 9.17) is 4.74 Å². The quantitative estimate of drug-likeness (QED) is 0.587. The molecule has 0 saturated carbocycles. The van der Waals surface area contributed by atoms with Gasteiger partial charge >= 0.3 is 5.97 Å². The van der Waals surface area contributed by atoms with Gasteiger partial charge in [0.1, 0.15) is 0 Å². The number of hydrogen-bond donors (Lipinski definition) is 1. The first kappa shape index (κ1) is 18.3. The van der Waals surface area contributed by atoms with Crippen molar-refractivity contribution in [3.63, 3.8) is 0 Å². The minimum atomic E-state index is -0.442. The zero-order valence-electron chi connectivity index (χ0n) is 14.0. The van der Waals surface area contributed by atoms with Gasteiger partial charge in [-0.05, 0) is 42.5 Å². The predicted molar refractivity (Wildman–Crippen MR) is 91.9 cm³/mol. The Bertz CT molecular complexity index is 633. The summed E-state index contributed by atoms with van der Waals surface area (Å²) < 4.78 is 4.97. The Morgan fingerprint density at radius 2 is 2.00 bits per heavy atom. The fraction of sp³-hybridized carbons (Fsp3) is 0.471. The van der Waals surface area contributed by atoms with Gasteiger partial charge in [0.05, 0.1) is 12.3 Å². The Balaban J connectivity index is 1.71. The highest BCUT2D eigenvalue weighted by Crippen LogP contribution is 2.27. The average Bonchev–Trinajstić information content (AvgIpc) is 3.05. The van der Waals surface area contributed by atoms with Crippen molar-refractivity contribution in [2.75, 3.05) is 33.0 Å². The summed E-state index contributed by atoms with van der Waals surface area (Å²) >= 11 is 1.41. The second-order valence-corrected chi connectivity index (χ2v) is 6.71. The second-order valence-electron chi connectivity index (χ2n) is 5.66. The molecule has 1 N–H and O–H groups in total. The molecule has 0 fully saturated rings. The molecule has 0 bridgehead atoms. The fourth-order valence-corrected chi connectivity index (χ4v) is 3.21. The first-order valence-electron chi connectivity index (χ1n) is 7.84. The molecule has 0 aliphatic heterocycles. The van der Waals surface area contributed by atoms with Gasteiger partial charge in [0.2, 0.25) is 5.91 Å². The molecule has 2 amide bonds. The fourth-order valence-electron chi connectivity index (χ4n) is 2.46. The molecule has 0 spiro atoms. The minimum Gasteiger partial charge on any atom is -0.455 e. The number of nitrogens with zero attached hydrogens (tertiary/aromatic N) is 1. The van der Waals surface area contributed by atoms with Crippen LogP contribution in [0, 0.1) is 0 Å². The molecular weight excluding hydrogens is 328 g/mol. The molecule has 1 aliphatic carbocycles. The van der Waals surface area contributed by atoms with E-state index in [1.54, 1.807) is 0 Å². The third-order valence-electron chi connectivity index (χ3n) is 3.87. The largest absolute Gasteiger partial charge is 0.455 e. The number of carbonyl (C=O) groups is 3. The van der Waals surface area contributed by atoms with Crippen molar-refractivity contribution < 1.29 is 19.1 Å². The second kappa shape index (κ2) is 8.73. The standard InChI is InChI=1S/C17H22N2O4S/c1-18-15(20)9-19(2)16(21)10-23-17(22)11-24-14-7-6-12-4-3-5-13(12)8-14/h6-8H,3-5,9-11H2,1-2H3,(H,18,20). The maximum Gasteiger partial charge on any atom is 0.316 e. The van der Waals surface area contributed by atoms with Crippen LogP contribution in [0.5, 0.6) is 0 Å². The molecule has 1 aromatic rings. The number of fused-ring (bicyclic) bond motifs is 1. The lowest BCUT2D eigenvalue weighted by Crippen LogP contribution is -2.39. The van der Waals surface area contributed by atoms with Crippen molar-refractivity contribution in [3.8, 4) is 0 Å². The molecule has 7 heteroatoms. The lowest BCUT2D eigenvalue weighted by molar-refractivity contribution is -0.149. The molecule has 2 rings (SSSR count). The van der Waals surface area contributed by atoms with Crippen molar-refractivity contribution in [1.29, 1.82) is 0 Å². The van der Waals surface area contributed by atoms with Crippen LogP contribution in [0.25, 0.3) is 0 Å². The molecule has 0 unspecified atom stereocenters. The van der Waals surface area contributed by atoms with Gasteiger partial charge in [-0.25, -0.2) is 0 Å². The molecule has 0 radical (unpaired) electrons. The number of ether oxygens (including phenoxy) is 1. The summed E-state index contributed by atoms with van der Waals surface area (Å²) in [6.45, 7) is -0.409. The summed E-state index contributed by atoms with van der Waals surface area (Å²) in [7, 11) is 2.99. The van der Waals surface area contributed by atoms with E-state index < -0.39 is 11.9 Å². The maximum atomic E-state index is 11.8. The summed E-state index contributed by atoms with van der Waals surface area (Å²) in [5, 5.41) is 2.43. The Morgan fingerprint density at radius 1 is 1.25 bits per heavy atom. The molecule has 1 aromatic carbocycles. The molecule has 0 aromatic heterocycles. The predicted octanol–water partition coefficient (Wildman–Crippen LogP) is 1.02. The lowest BCUT2D eigenvalue weighted by atomic mass is 10.1. The van der Waals surface area contributed by atoms with Gasteiger partial charge < -0.3 is 15.0 Å². The van der Waals surface area contributed by atoms with Crippen molar-refractivity contribution >= 4 is 29.5 Å². The number of nitrogens with one attached hydrogen (secondary N) is 1. The van der Waals surface area contributed by atoms with Crippen molar-refractivity contribution in [1.82, 2.24) is 10.2 Å². The SMILES string of the molecule is CNC(=O)CN(C)C(=O)COC(=O)CSc1ccc2c(c1)CCC2. The minimum absolute atomic E-state index is 0.0588. The number of esters is 1. The third-order valence-corrected chi connectivity index (χ3v) is 4.84. The van der Waals surface area contributed by atoms with Gasteiger partial charge in [0.15, 0.2) is 6.61 Å². The Kier molecular flexibility index (Phi) is 6.66. The average molecular weight is 350 g/mol. The molecule has 1 aliphatic rings. The number of amides is 2. The van der Waals surface area contributed by atoms with E-state index in [-0.39, 0.29) is 24.8 Å². The maximum absolute atomic E-state index is 11.8. The Morgan fingerprint density at radius 3 is 2.75 bits per heavy atom. The third kappa shape index (κ3) is 5.26. The van der Waals surface area contributed by atoms with Crippen LogP contribution in [0.2, 0.25) is 0 Å². The van der Waals surface area contributed by atoms with Gasteiger partial charge in [0.25, 0.3) is 5.91 Å². The highest BCUT2D eigenvalue weighted by Gasteiger charge is 2.15. The van der Waals surface area contributed by atoms with Crippen LogP contribution >= 0.6 is 11.8 Å². The van der Waals surface area contributed by atoms with E-state index in [1.807, 2.05) is 6.07 Å². The summed E-state index contributed by atoms with van der Waals surface area (Å²) in [6, 6.07) is 6.26. The van der Waals surface area contributed by atoms with Gasteiger partial charge in [-0.2, -0.15) is 0 Å². The van der Waals surface area contributed by atoms with Crippen molar-refractivity contribution in [3.05, 3.63) is 29.3 Å². The summed E-state index contributed by atoms with van der Waals surface area (Å²) in [5.74, 6) is -0.966. The first-order chi connectivity index (χ1) is 11.5. The van der Waals surface area contributed by atoms with Gasteiger partial charge in [0, 0.05) is 19.0 Å². The van der Waals surface area contributed by atoms with Crippen LogP contribution in [0.15, 0.2) is 23.1 Å². The van der Waals surface area contributed by atoms with Crippen LogP contribution in [0.3, 0.4) is 0 Å². The molecule has 0 saturated heterocycles. The van der Waals surface area contributed by atoms with Crippen molar-refractivity contribution in [2.45, 2.75) is 24.2 Å². The number of thioether (sulfide) groups is 1. The van der Waals surface area contributed by atoms with Crippen LogP contribution in [0.1, 0.15) is 17.5 Å². The number of benzene rings is 1. The summed E-state index contributed by atoms with van der Waals surface area (Å²) in [5.41, 5.74) is 2.76. The normalized spacial score (nSPS) is 12.4. The van der Waals surface area contributed by atoms with E-state index in [0.29, 0.717) is 0 Å². The molecule has 0 heterocycles.